The Morgan fingerprint density at radius 2 is 1.86 bits per heavy atom. The zero-order valence-corrected chi connectivity index (χ0v) is 16.0. The van der Waals surface area contributed by atoms with Crippen LogP contribution in [0.4, 0.5) is 0 Å². The van der Waals surface area contributed by atoms with E-state index in [-0.39, 0.29) is 0 Å². The summed E-state index contributed by atoms with van der Waals surface area (Å²) in [4.78, 5) is 28.5. The Balaban J connectivity index is 1.49. The average molecular weight is 395 g/mol. The highest BCUT2D eigenvalue weighted by Crippen LogP contribution is 2.18. The van der Waals surface area contributed by atoms with E-state index in [9.17, 15) is 9.59 Å². The van der Waals surface area contributed by atoms with Gasteiger partial charge >= 0.3 is 0 Å². The molecule has 9 heteroatoms. The number of carbonyl (C=O) groups is 2. The van der Waals surface area contributed by atoms with Crippen LogP contribution in [-0.4, -0.2) is 39.3 Å². The summed E-state index contributed by atoms with van der Waals surface area (Å²) in [6, 6.07) is 11.9. The number of benzene rings is 1. The molecule has 2 amide bonds. The van der Waals surface area contributed by atoms with Crippen molar-refractivity contribution in [3.8, 4) is 17.3 Å². The molecule has 0 bridgehead atoms. The summed E-state index contributed by atoms with van der Waals surface area (Å²) in [6.45, 7) is 4.05. The Hall–Kier alpha value is -3.88. The molecule has 0 aliphatic heterocycles. The lowest BCUT2D eigenvalue weighted by Gasteiger charge is -2.15. The first-order chi connectivity index (χ1) is 14.1. The minimum absolute atomic E-state index is 0.293. The highest BCUT2D eigenvalue weighted by Gasteiger charge is 2.16. The van der Waals surface area contributed by atoms with E-state index < -0.39 is 17.9 Å². The molecule has 1 unspecified atom stereocenters. The molecule has 3 rings (SSSR count). The lowest BCUT2D eigenvalue weighted by Crippen LogP contribution is -2.47. The largest absolute Gasteiger partial charge is 0.494 e. The standard InChI is InChI=1S/C20H21N5O4/c1-3-28-16-6-8-17(9-7-16)29-14(2)19(26)23-24-20(27)15-5-10-18(21-13-15)25-12-4-11-22-25/h4-14H,3H2,1-2H3,(H,23,26)(H,24,27). The third kappa shape index (κ3) is 5.32. The Kier molecular flexibility index (Phi) is 6.41. The molecule has 1 atom stereocenters. The predicted octanol–water partition coefficient (Wildman–Crippen LogP) is 1.89. The molecule has 2 aromatic heterocycles. The summed E-state index contributed by atoms with van der Waals surface area (Å²) in [7, 11) is 0. The van der Waals surface area contributed by atoms with Crippen LogP contribution in [0.5, 0.6) is 11.5 Å². The Morgan fingerprint density at radius 3 is 2.48 bits per heavy atom. The van der Waals surface area contributed by atoms with Gasteiger partial charge in [-0.3, -0.25) is 20.4 Å². The van der Waals surface area contributed by atoms with Crippen LogP contribution in [-0.2, 0) is 4.79 Å². The molecule has 2 N–H and O–H groups in total. The Bertz CT molecular complexity index is 940. The van der Waals surface area contributed by atoms with Gasteiger partial charge in [0, 0.05) is 18.6 Å². The van der Waals surface area contributed by atoms with E-state index in [0.29, 0.717) is 23.7 Å². The van der Waals surface area contributed by atoms with Crippen molar-refractivity contribution in [2.45, 2.75) is 20.0 Å². The number of rotatable bonds is 7. The number of hydrogen-bond donors (Lipinski definition) is 2. The molecular weight excluding hydrogens is 374 g/mol. The normalized spacial score (nSPS) is 11.4. The van der Waals surface area contributed by atoms with E-state index in [4.69, 9.17) is 9.47 Å². The Morgan fingerprint density at radius 1 is 1.10 bits per heavy atom. The van der Waals surface area contributed by atoms with E-state index in [1.807, 2.05) is 6.92 Å². The Labute approximate surface area is 167 Å². The topological polar surface area (TPSA) is 107 Å². The van der Waals surface area contributed by atoms with Gasteiger partial charge in [-0.05, 0) is 56.3 Å². The number of ether oxygens (including phenoxy) is 2. The van der Waals surface area contributed by atoms with E-state index in [1.54, 1.807) is 66.5 Å². The van der Waals surface area contributed by atoms with Crippen LogP contribution < -0.4 is 20.3 Å². The summed E-state index contributed by atoms with van der Waals surface area (Å²) in [5, 5.41) is 4.06. The quantitative estimate of drug-likeness (QED) is 0.592. The van der Waals surface area contributed by atoms with Crippen LogP contribution in [0.15, 0.2) is 61.1 Å². The molecular formula is C20H21N5O4. The third-order valence-electron chi connectivity index (χ3n) is 3.87. The van der Waals surface area contributed by atoms with Crippen molar-refractivity contribution in [1.29, 1.82) is 0 Å². The summed E-state index contributed by atoms with van der Waals surface area (Å²) in [5.74, 6) is 0.824. The van der Waals surface area contributed by atoms with E-state index in [1.165, 1.54) is 6.20 Å². The summed E-state index contributed by atoms with van der Waals surface area (Å²) >= 11 is 0. The van der Waals surface area contributed by atoms with Crippen molar-refractivity contribution in [2.75, 3.05) is 6.61 Å². The summed E-state index contributed by atoms with van der Waals surface area (Å²) < 4.78 is 12.5. The molecule has 29 heavy (non-hydrogen) atoms. The highest BCUT2D eigenvalue weighted by molar-refractivity contribution is 5.95. The highest BCUT2D eigenvalue weighted by atomic mass is 16.5. The first-order valence-corrected chi connectivity index (χ1v) is 9.02. The second-order valence-electron chi connectivity index (χ2n) is 5.96. The van der Waals surface area contributed by atoms with Gasteiger partial charge in [-0.2, -0.15) is 5.10 Å². The number of carbonyl (C=O) groups excluding carboxylic acids is 2. The van der Waals surface area contributed by atoms with E-state index in [2.05, 4.69) is 20.9 Å². The van der Waals surface area contributed by atoms with Gasteiger partial charge in [0.25, 0.3) is 11.8 Å². The fourth-order valence-electron chi connectivity index (χ4n) is 2.39. The molecule has 1 aromatic carbocycles. The van der Waals surface area contributed by atoms with Gasteiger partial charge < -0.3 is 9.47 Å². The SMILES string of the molecule is CCOc1ccc(OC(C)C(=O)NNC(=O)c2ccc(-n3cccn3)nc2)cc1. The number of hydrogen-bond acceptors (Lipinski definition) is 6. The zero-order valence-electron chi connectivity index (χ0n) is 16.0. The summed E-state index contributed by atoms with van der Waals surface area (Å²) in [5.41, 5.74) is 4.98. The molecule has 0 saturated carbocycles. The number of pyridine rings is 1. The molecule has 0 spiro atoms. The predicted molar refractivity (Wildman–Crippen MR) is 105 cm³/mol. The maximum atomic E-state index is 12.2. The third-order valence-corrected chi connectivity index (χ3v) is 3.87. The van der Waals surface area contributed by atoms with Gasteiger partial charge in [0.1, 0.15) is 11.5 Å². The van der Waals surface area contributed by atoms with Crippen molar-refractivity contribution in [2.24, 2.45) is 0 Å². The van der Waals surface area contributed by atoms with Crippen LogP contribution in [0.2, 0.25) is 0 Å². The first-order valence-electron chi connectivity index (χ1n) is 9.02. The molecule has 3 aromatic rings. The second-order valence-corrected chi connectivity index (χ2v) is 5.96. The maximum Gasteiger partial charge on any atom is 0.279 e. The lowest BCUT2D eigenvalue weighted by molar-refractivity contribution is -0.128. The first kappa shape index (κ1) is 19.9. The monoisotopic (exact) mass is 395 g/mol. The van der Waals surface area contributed by atoms with Gasteiger partial charge in [0.15, 0.2) is 11.9 Å². The summed E-state index contributed by atoms with van der Waals surface area (Å²) in [6.07, 6.45) is 3.97. The molecule has 0 aliphatic rings. The zero-order chi connectivity index (χ0) is 20.6. The van der Waals surface area contributed by atoms with Crippen molar-refractivity contribution in [3.63, 3.8) is 0 Å². The number of nitrogens with one attached hydrogen (secondary N) is 2. The van der Waals surface area contributed by atoms with Crippen LogP contribution in [0.25, 0.3) is 5.82 Å². The smallest absolute Gasteiger partial charge is 0.279 e. The van der Waals surface area contributed by atoms with Crippen molar-refractivity contribution < 1.29 is 19.1 Å². The van der Waals surface area contributed by atoms with Gasteiger partial charge in [0.05, 0.1) is 12.2 Å². The molecule has 0 aliphatic carbocycles. The van der Waals surface area contributed by atoms with Crippen molar-refractivity contribution in [1.82, 2.24) is 25.6 Å². The van der Waals surface area contributed by atoms with Gasteiger partial charge in [0.2, 0.25) is 0 Å². The molecule has 2 heterocycles. The second kappa shape index (κ2) is 9.36. The van der Waals surface area contributed by atoms with Crippen molar-refractivity contribution in [3.05, 3.63) is 66.6 Å². The fraction of sp³-hybridized carbons (Fsp3) is 0.200. The van der Waals surface area contributed by atoms with Gasteiger partial charge in [-0.1, -0.05) is 0 Å². The minimum Gasteiger partial charge on any atom is -0.494 e. The maximum absolute atomic E-state index is 12.2. The fourth-order valence-corrected chi connectivity index (χ4v) is 2.39. The van der Waals surface area contributed by atoms with Crippen LogP contribution >= 0.6 is 0 Å². The number of nitrogens with zero attached hydrogens (tertiary/aromatic N) is 3. The van der Waals surface area contributed by atoms with Gasteiger partial charge in [-0.25, -0.2) is 9.67 Å². The van der Waals surface area contributed by atoms with Crippen molar-refractivity contribution >= 4 is 11.8 Å². The number of amides is 2. The molecule has 0 radical (unpaired) electrons. The number of hydrazine groups is 1. The van der Waals surface area contributed by atoms with Gasteiger partial charge in [-0.15, -0.1) is 0 Å². The van der Waals surface area contributed by atoms with Crippen LogP contribution in [0.1, 0.15) is 24.2 Å². The van der Waals surface area contributed by atoms with E-state index >= 15 is 0 Å². The molecule has 9 nitrogen and oxygen atoms in total. The molecule has 0 fully saturated rings. The van der Waals surface area contributed by atoms with Crippen LogP contribution in [0, 0.1) is 0 Å². The molecule has 150 valence electrons. The minimum atomic E-state index is -0.812. The molecule has 0 saturated heterocycles. The number of aromatic nitrogens is 3. The lowest BCUT2D eigenvalue weighted by atomic mass is 10.2. The average Bonchev–Trinajstić information content (AvgIpc) is 3.28. The van der Waals surface area contributed by atoms with E-state index in [0.717, 1.165) is 5.75 Å². The van der Waals surface area contributed by atoms with Crippen LogP contribution in [0.3, 0.4) is 0 Å².